The normalized spacial score (nSPS) is 10.5. The van der Waals surface area contributed by atoms with E-state index < -0.39 is 5.97 Å². The van der Waals surface area contributed by atoms with Crippen molar-refractivity contribution in [1.82, 2.24) is 0 Å². The van der Waals surface area contributed by atoms with Crippen LogP contribution in [-0.4, -0.2) is 40.6 Å². The number of hydrazone groups is 1. The summed E-state index contributed by atoms with van der Waals surface area (Å²) in [6.45, 7) is 0. The SMILES string of the molecule is COc1cc(/C=N\N)ccc1OC(=O)c1cc(OC)c(OC)c(OC)c1. The average Bonchev–Trinajstić information content (AvgIpc) is 2.67. The summed E-state index contributed by atoms with van der Waals surface area (Å²) in [4.78, 5) is 12.6. The molecule has 8 nitrogen and oxygen atoms in total. The zero-order valence-corrected chi connectivity index (χ0v) is 14.9. The molecule has 138 valence electrons. The van der Waals surface area contributed by atoms with E-state index in [9.17, 15) is 4.79 Å². The third-order valence-electron chi connectivity index (χ3n) is 3.51. The predicted molar refractivity (Wildman–Crippen MR) is 95.8 cm³/mol. The smallest absolute Gasteiger partial charge is 0.343 e. The highest BCUT2D eigenvalue weighted by molar-refractivity contribution is 5.93. The maximum Gasteiger partial charge on any atom is 0.343 e. The number of esters is 1. The molecule has 2 rings (SSSR count). The van der Waals surface area contributed by atoms with E-state index in [0.717, 1.165) is 0 Å². The standard InChI is InChI=1S/C18H20N2O6/c1-22-14-7-11(10-20-19)5-6-13(14)26-18(21)12-8-15(23-2)17(25-4)16(9-12)24-3/h5-10H,19H2,1-4H3/b20-10-. The molecular formula is C18H20N2O6. The largest absolute Gasteiger partial charge is 0.493 e. The van der Waals surface area contributed by atoms with Crippen LogP contribution in [0.2, 0.25) is 0 Å². The number of methoxy groups -OCH3 is 4. The summed E-state index contributed by atoms with van der Waals surface area (Å²) in [5, 5.41) is 3.45. The van der Waals surface area contributed by atoms with Crippen LogP contribution in [0.4, 0.5) is 0 Å². The summed E-state index contributed by atoms with van der Waals surface area (Å²) < 4.78 is 26.4. The van der Waals surface area contributed by atoms with Crippen molar-refractivity contribution in [2.45, 2.75) is 0 Å². The lowest BCUT2D eigenvalue weighted by Gasteiger charge is -2.14. The Labute approximate surface area is 151 Å². The number of benzene rings is 2. The van der Waals surface area contributed by atoms with E-state index in [1.54, 1.807) is 18.2 Å². The summed E-state index contributed by atoms with van der Waals surface area (Å²) in [5.74, 6) is 6.22. The van der Waals surface area contributed by atoms with Gasteiger partial charge in [-0.15, -0.1) is 0 Å². The van der Waals surface area contributed by atoms with Gasteiger partial charge in [-0.1, -0.05) is 0 Å². The second-order valence-corrected chi connectivity index (χ2v) is 4.99. The third-order valence-corrected chi connectivity index (χ3v) is 3.51. The molecule has 26 heavy (non-hydrogen) atoms. The summed E-state index contributed by atoms with van der Waals surface area (Å²) in [7, 11) is 5.88. The highest BCUT2D eigenvalue weighted by Gasteiger charge is 2.19. The molecule has 0 atom stereocenters. The predicted octanol–water partition coefficient (Wildman–Crippen LogP) is 2.23. The van der Waals surface area contributed by atoms with E-state index in [-0.39, 0.29) is 11.3 Å². The van der Waals surface area contributed by atoms with E-state index in [4.69, 9.17) is 29.5 Å². The first-order chi connectivity index (χ1) is 12.6. The number of carbonyl (C=O) groups excluding carboxylic acids is 1. The lowest BCUT2D eigenvalue weighted by atomic mass is 10.1. The lowest BCUT2D eigenvalue weighted by molar-refractivity contribution is 0.0729. The second-order valence-electron chi connectivity index (χ2n) is 4.99. The highest BCUT2D eigenvalue weighted by Crippen LogP contribution is 2.38. The van der Waals surface area contributed by atoms with Crippen LogP contribution in [0, 0.1) is 0 Å². The Balaban J connectivity index is 2.35. The van der Waals surface area contributed by atoms with Gasteiger partial charge in [-0.3, -0.25) is 0 Å². The van der Waals surface area contributed by atoms with Gasteiger partial charge >= 0.3 is 5.97 Å². The summed E-state index contributed by atoms with van der Waals surface area (Å²) in [6.07, 6.45) is 1.45. The van der Waals surface area contributed by atoms with E-state index in [0.29, 0.717) is 28.6 Å². The Hall–Kier alpha value is -3.42. The minimum Gasteiger partial charge on any atom is -0.493 e. The average molecular weight is 360 g/mol. The molecule has 0 saturated heterocycles. The molecule has 0 fully saturated rings. The zero-order chi connectivity index (χ0) is 19.1. The first-order valence-corrected chi connectivity index (χ1v) is 7.51. The number of ether oxygens (including phenoxy) is 5. The van der Waals surface area contributed by atoms with Gasteiger partial charge in [0.25, 0.3) is 0 Å². The molecule has 0 bridgehead atoms. The number of carbonyl (C=O) groups is 1. The van der Waals surface area contributed by atoms with Crippen molar-refractivity contribution in [3.05, 3.63) is 41.5 Å². The fraction of sp³-hybridized carbons (Fsp3) is 0.222. The van der Waals surface area contributed by atoms with Crippen molar-refractivity contribution >= 4 is 12.2 Å². The second kappa shape index (κ2) is 8.61. The Morgan fingerprint density at radius 1 is 0.885 bits per heavy atom. The van der Waals surface area contributed by atoms with Gasteiger partial charge in [0.15, 0.2) is 23.0 Å². The van der Waals surface area contributed by atoms with Crippen LogP contribution in [-0.2, 0) is 0 Å². The van der Waals surface area contributed by atoms with Crippen molar-refractivity contribution in [3.63, 3.8) is 0 Å². The summed E-state index contributed by atoms with van der Waals surface area (Å²) in [5.41, 5.74) is 0.936. The number of hydrogen-bond acceptors (Lipinski definition) is 8. The minimum absolute atomic E-state index is 0.231. The molecule has 0 saturated carbocycles. The molecular weight excluding hydrogens is 340 g/mol. The van der Waals surface area contributed by atoms with Gasteiger partial charge in [0.1, 0.15) is 0 Å². The van der Waals surface area contributed by atoms with Crippen LogP contribution in [0.5, 0.6) is 28.7 Å². The Kier molecular flexibility index (Phi) is 6.26. The number of nitrogens with zero attached hydrogens (tertiary/aromatic N) is 1. The van der Waals surface area contributed by atoms with E-state index >= 15 is 0 Å². The van der Waals surface area contributed by atoms with Gasteiger partial charge < -0.3 is 29.5 Å². The fourth-order valence-corrected chi connectivity index (χ4v) is 2.29. The summed E-state index contributed by atoms with van der Waals surface area (Å²) >= 11 is 0. The molecule has 0 aromatic heterocycles. The minimum atomic E-state index is -0.609. The maximum atomic E-state index is 12.6. The van der Waals surface area contributed by atoms with Crippen LogP contribution in [0.25, 0.3) is 0 Å². The number of rotatable bonds is 7. The van der Waals surface area contributed by atoms with Crippen LogP contribution in [0.3, 0.4) is 0 Å². The van der Waals surface area contributed by atoms with Gasteiger partial charge in [-0.2, -0.15) is 5.10 Å². The fourth-order valence-electron chi connectivity index (χ4n) is 2.29. The molecule has 2 N–H and O–H groups in total. The molecule has 2 aromatic rings. The van der Waals surface area contributed by atoms with Gasteiger partial charge in [0.05, 0.1) is 40.2 Å². The molecule has 0 spiro atoms. The molecule has 0 aliphatic heterocycles. The van der Waals surface area contributed by atoms with Gasteiger partial charge in [-0.25, -0.2) is 4.79 Å². The topological polar surface area (TPSA) is 102 Å². The molecule has 0 unspecified atom stereocenters. The molecule has 2 aromatic carbocycles. The van der Waals surface area contributed by atoms with Crippen molar-refractivity contribution < 1.29 is 28.5 Å². The van der Waals surface area contributed by atoms with Crippen LogP contribution < -0.4 is 29.5 Å². The number of hydrogen-bond donors (Lipinski definition) is 1. The lowest BCUT2D eigenvalue weighted by Crippen LogP contribution is -2.10. The van der Waals surface area contributed by atoms with Gasteiger partial charge in [0.2, 0.25) is 5.75 Å². The Morgan fingerprint density at radius 2 is 1.50 bits per heavy atom. The third kappa shape index (κ3) is 3.97. The van der Waals surface area contributed by atoms with Crippen molar-refractivity contribution in [3.8, 4) is 28.7 Å². The molecule has 0 amide bonds. The Morgan fingerprint density at radius 3 is 2.00 bits per heavy atom. The first kappa shape index (κ1) is 18.9. The molecule has 0 heterocycles. The van der Waals surface area contributed by atoms with Crippen molar-refractivity contribution in [2.75, 3.05) is 28.4 Å². The van der Waals surface area contributed by atoms with E-state index in [2.05, 4.69) is 5.10 Å². The van der Waals surface area contributed by atoms with E-state index in [1.807, 2.05) is 0 Å². The highest BCUT2D eigenvalue weighted by atomic mass is 16.6. The zero-order valence-electron chi connectivity index (χ0n) is 14.9. The quantitative estimate of drug-likeness (QED) is 0.266. The van der Waals surface area contributed by atoms with Crippen molar-refractivity contribution in [2.24, 2.45) is 10.9 Å². The number of nitrogens with two attached hydrogens (primary N) is 1. The van der Waals surface area contributed by atoms with Crippen LogP contribution in [0.1, 0.15) is 15.9 Å². The maximum absolute atomic E-state index is 12.6. The molecule has 0 aliphatic carbocycles. The van der Waals surface area contributed by atoms with Gasteiger partial charge in [0, 0.05) is 0 Å². The van der Waals surface area contributed by atoms with Crippen LogP contribution >= 0.6 is 0 Å². The monoisotopic (exact) mass is 360 g/mol. The summed E-state index contributed by atoms with van der Waals surface area (Å²) in [6, 6.07) is 7.94. The molecule has 0 radical (unpaired) electrons. The molecule has 0 aliphatic rings. The first-order valence-electron chi connectivity index (χ1n) is 7.51. The van der Waals surface area contributed by atoms with E-state index in [1.165, 1.54) is 46.8 Å². The van der Waals surface area contributed by atoms with Crippen molar-refractivity contribution in [1.29, 1.82) is 0 Å². The van der Waals surface area contributed by atoms with Gasteiger partial charge in [-0.05, 0) is 35.9 Å². The molecule has 8 heteroatoms. The van der Waals surface area contributed by atoms with Crippen LogP contribution in [0.15, 0.2) is 35.4 Å². The Bertz CT molecular complexity index is 794.